The second-order valence-electron chi connectivity index (χ2n) is 7.04. The van der Waals surface area contributed by atoms with Crippen molar-refractivity contribution in [1.82, 2.24) is 19.7 Å². The van der Waals surface area contributed by atoms with Gasteiger partial charge in [0.05, 0.1) is 10.9 Å². The molecule has 156 valence electrons. The Labute approximate surface area is 185 Å². The summed E-state index contributed by atoms with van der Waals surface area (Å²) in [6, 6.07) is 21.4. The molecule has 7 heteroatoms. The number of hydrogen-bond donors (Lipinski definition) is 1. The summed E-state index contributed by atoms with van der Waals surface area (Å²) in [5, 5.41) is 12.3. The fraction of sp³-hybridized carbons (Fsp3) is 0.167. The highest BCUT2D eigenvalue weighted by Gasteiger charge is 2.24. The highest BCUT2D eigenvalue weighted by molar-refractivity contribution is 8.00. The van der Waals surface area contributed by atoms with Crippen LogP contribution in [0.15, 0.2) is 84.3 Å². The maximum absolute atomic E-state index is 12.9. The molecule has 0 aliphatic carbocycles. The van der Waals surface area contributed by atoms with Crippen molar-refractivity contribution in [3.63, 3.8) is 0 Å². The third-order valence-corrected chi connectivity index (χ3v) is 6.17. The molecule has 0 bridgehead atoms. The van der Waals surface area contributed by atoms with Crippen molar-refractivity contribution in [2.24, 2.45) is 0 Å². The van der Waals surface area contributed by atoms with Gasteiger partial charge in [0.15, 0.2) is 11.0 Å². The largest absolute Gasteiger partial charge is 0.325 e. The Morgan fingerprint density at radius 1 is 1.03 bits per heavy atom. The van der Waals surface area contributed by atoms with Gasteiger partial charge in [0.1, 0.15) is 0 Å². The van der Waals surface area contributed by atoms with Gasteiger partial charge < -0.3 is 5.32 Å². The molecular formula is C24H23N5OS. The lowest BCUT2D eigenvalue weighted by Crippen LogP contribution is -2.25. The molecule has 1 amide bonds. The number of pyridine rings is 1. The van der Waals surface area contributed by atoms with Crippen molar-refractivity contribution < 1.29 is 4.79 Å². The summed E-state index contributed by atoms with van der Waals surface area (Å²) in [5.74, 6) is 0.643. The smallest absolute Gasteiger partial charge is 0.237 e. The Morgan fingerprint density at radius 3 is 2.52 bits per heavy atom. The predicted molar refractivity (Wildman–Crippen MR) is 124 cm³/mol. The number of aromatic nitrogens is 4. The van der Waals surface area contributed by atoms with E-state index in [4.69, 9.17) is 0 Å². The monoisotopic (exact) mass is 429 g/mol. The van der Waals surface area contributed by atoms with E-state index >= 15 is 0 Å². The minimum absolute atomic E-state index is 0.0547. The average molecular weight is 430 g/mol. The van der Waals surface area contributed by atoms with Gasteiger partial charge in [-0.15, -0.1) is 10.2 Å². The Kier molecular flexibility index (Phi) is 6.43. The quantitative estimate of drug-likeness (QED) is 0.412. The van der Waals surface area contributed by atoms with Crippen molar-refractivity contribution in [2.75, 3.05) is 5.32 Å². The lowest BCUT2D eigenvalue weighted by molar-refractivity contribution is -0.115. The zero-order chi connectivity index (χ0) is 21.6. The summed E-state index contributed by atoms with van der Waals surface area (Å²) < 4.78 is 2.01. The number of thioether (sulfide) groups is 1. The van der Waals surface area contributed by atoms with E-state index in [9.17, 15) is 4.79 Å². The van der Waals surface area contributed by atoms with Gasteiger partial charge >= 0.3 is 0 Å². The van der Waals surface area contributed by atoms with Crippen molar-refractivity contribution in [2.45, 2.75) is 30.7 Å². The first kappa shape index (κ1) is 20.8. The highest BCUT2D eigenvalue weighted by atomic mass is 32.2. The van der Waals surface area contributed by atoms with E-state index in [1.165, 1.54) is 11.8 Å². The van der Waals surface area contributed by atoms with Crippen LogP contribution in [0.2, 0.25) is 0 Å². The number of carbonyl (C=O) groups excluding carboxylic acids is 1. The van der Waals surface area contributed by atoms with Crippen molar-refractivity contribution in [3.8, 4) is 17.1 Å². The molecule has 4 aromatic rings. The van der Waals surface area contributed by atoms with E-state index in [1.54, 1.807) is 12.4 Å². The van der Waals surface area contributed by atoms with Crippen LogP contribution in [0.1, 0.15) is 18.9 Å². The van der Waals surface area contributed by atoms with Crippen LogP contribution in [-0.2, 0) is 4.79 Å². The summed E-state index contributed by atoms with van der Waals surface area (Å²) in [5.41, 5.74) is 3.72. The Hall–Kier alpha value is -3.45. The van der Waals surface area contributed by atoms with Gasteiger partial charge in [-0.25, -0.2) is 0 Å². The molecule has 31 heavy (non-hydrogen) atoms. The average Bonchev–Trinajstić information content (AvgIpc) is 3.22. The molecule has 6 nitrogen and oxygen atoms in total. The molecule has 0 saturated carbocycles. The van der Waals surface area contributed by atoms with Gasteiger partial charge in [-0.3, -0.25) is 14.3 Å². The number of carbonyl (C=O) groups is 1. The highest BCUT2D eigenvalue weighted by Crippen LogP contribution is 2.32. The van der Waals surface area contributed by atoms with Crippen molar-refractivity contribution in [3.05, 3.63) is 84.7 Å². The van der Waals surface area contributed by atoms with Gasteiger partial charge in [0, 0.05) is 23.6 Å². The molecular weight excluding hydrogens is 406 g/mol. The van der Waals surface area contributed by atoms with Gasteiger partial charge in [-0.2, -0.15) is 0 Å². The number of para-hydroxylation sites is 2. The molecule has 0 radical (unpaired) electrons. The predicted octanol–water partition coefficient (Wildman–Crippen LogP) is 5.15. The maximum Gasteiger partial charge on any atom is 0.237 e. The molecule has 1 atom stereocenters. The van der Waals surface area contributed by atoms with Crippen LogP contribution >= 0.6 is 11.8 Å². The van der Waals surface area contributed by atoms with Crippen molar-refractivity contribution in [1.29, 1.82) is 0 Å². The first-order chi connectivity index (χ1) is 15.2. The second-order valence-corrected chi connectivity index (χ2v) is 8.21. The molecule has 1 N–H and O–H groups in total. The number of benzene rings is 2. The zero-order valence-corrected chi connectivity index (χ0v) is 18.2. The third kappa shape index (κ3) is 4.67. The molecule has 2 aromatic heterocycles. The summed E-state index contributed by atoms with van der Waals surface area (Å²) in [6.45, 7) is 4.05. The van der Waals surface area contributed by atoms with E-state index in [0.29, 0.717) is 17.4 Å². The number of rotatable bonds is 7. The topological polar surface area (TPSA) is 72.7 Å². The summed E-state index contributed by atoms with van der Waals surface area (Å²) >= 11 is 1.42. The minimum atomic E-state index is -0.311. The molecule has 0 spiro atoms. The zero-order valence-electron chi connectivity index (χ0n) is 17.4. The number of nitrogens with one attached hydrogen (secondary N) is 1. The number of aryl methyl sites for hydroxylation is 1. The van der Waals surface area contributed by atoms with Crippen molar-refractivity contribution >= 4 is 23.4 Å². The summed E-state index contributed by atoms with van der Waals surface area (Å²) in [4.78, 5) is 17.2. The van der Waals surface area contributed by atoms with E-state index in [-0.39, 0.29) is 11.2 Å². The van der Waals surface area contributed by atoms with Gasteiger partial charge in [0.2, 0.25) is 5.91 Å². The van der Waals surface area contributed by atoms with Crippen LogP contribution in [0.4, 0.5) is 5.69 Å². The Morgan fingerprint density at radius 2 is 1.81 bits per heavy atom. The Bertz CT molecular complexity index is 1160. The van der Waals surface area contributed by atoms with Gasteiger partial charge in [-0.05, 0) is 49.2 Å². The molecule has 2 heterocycles. The van der Waals surface area contributed by atoms with Crippen LogP contribution in [0.25, 0.3) is 17.1 Å². The number of anilines is 1. The van der Waals surface area contributed by atoms with Gasteiger partial charge in [0.25, 0.3) is 0 Å². The molecule has 4 rings (SSSR count). The fourth-order valence-corrected chi connectivity index (χ4v) is 4.22. The van der Waals surface area contributed by atoms with Crippen LogP contribution in [0.3, 0.4) is 0 Å². The standard InChI is InChI=1S/C24H23N5OS/c1-3-21(23(30)26-19-12-5-4-6-13-19)31-24-28-27-22(18-11-9-15-25-16-18)29(24)20-14-8-7-10-17(20)2/h4-16,21H,3H2,1-2H3,(H,26,30). The van der Waals surface area contributed by atoms with E-state index in [2.05, 4.69) is 33.5 Å². The molecule has 0 aliphatic rings. The lowest BCUT2D eigenvalue weighted by Gasteiger charge is -2.17. The minimum Gasteiger partial charge on any atom is -0.325 e. The normalized spacial score (nSPS) is 11.8. The molecule has 2 aromatic carbocycles. The van der Waals surface area contributed by atoms with E-state index in [0.717, 1.165) is 22.5 Å². The fourth-order valence-electron chi connectivity index (χ4n) is 3.25. The Balaban J connectivity index is 1.70. The second kappa shape index (κ2) is 9.57. The van der Waals surface area contributed by atoms with E-state index < -0.39 is 0 Å². The molecule has 0 aliphatic heterocycles. The molecule has 1 unspecified atom stereocenters. The molecule has 0 fully saturated rings. The summed E-state index contributed by atoms with van der Waals surface area (Å²) in [7, 11) is 0. The first-order valence-electron chi connectivity index (χ1n) is 10.1. The van der Waals surface area contributed by atoms with Gasteiger partial charge in [-0.1, -0.05) is 55.1 Å². The van der Waals surface area contributed by atoms with Crippen LogP contribution < -0.4 is 5.32 Å². The van der Waals surface area contributed by atoms with E-state index in [1.807, 2.05) is 72.2 Å². The van der Waals surface area contributed by atoms with Crippen LogP contribution in [0, 0.1) is 6.92 Å². The number of amides is 1. The SMILES string of the molecule is CCC(Sc1nnc(-c2cccnc2)n1-c1ccccc1C)C(=O)Nc1ccccc1. The number of hydrogen-bond acceptors (Lipinski definition) is 5. The molecule has 0 saturated heterocycles. The summed E-state index contributed by atoms with van der Waals surface area (Å²) in [6.07, 6.45) is 4.16. The van der Waals surface area contributed by atoms with Crippen LogP contribution in [-0.4, -0.2) is 30.9 Å². The third-order valence-electron chi connectivity index (χ3n) is 4.86. The maximum atomic E-state index is 12.9. The van der Waals surface area contributed by atoms with Crippen LogP contribution in [0.5, 0.6) is 0 Å². The lowest BCUT2D eigenvalue weighted by atomic mass is 10.2. The number of nitrogens with zero attached hydrogens (tertiary/aromatic N) is 4. The first-order valence-corrected chi connectivity index (χ1v) is 11.0.